The van der Waals surface area contributed by atoms with Crippen LogP contribution in [0.3, 0.4) is 0 Å². The number of hydrogen-bond acceptors (Lipinski definition) is 24. The van der Waals surface area contributed by atoms with Gasteiger partial charge in [0.25, 0.3) is 50.6 Å². The van der Waals surface area contributed by atoms with Gasteiger partial charge < -0.3 is 4.18 Å². The Labute approximate surface area is 398 Å². The number of carbonyl (C=O) groups is 1. The Morgan fingerprint density at radius 3 is 1.45 bits per heavy atom. The Morgan fingerprint density at radius 2 is 1.24 bits per heavy atom. The van der Waals surface area contributed by atoms with Crippen LogP contribution < -0.4 is 0 Å². The first-order valence-electron chi connectivity index (χ1n) is 19.8. The lowest BCUT2D eigenvalue weighted by Crippen LogP contribution is -2.28. The minimum Gasteiger partial charge on any atom is -0.374 e. The SMILES string of the molecule is C=S1(=O)C=CCO1.C=S1(=O)CCC(=O)O1.C=S1(=O)CCCO1.CC(F)COS(C)(=O)=O.CCCCS(=O)(=O)OCCC.O=S1(=O)CCCCC1.O=S1(=O)CCCO1.O=S1(=O)CS(=O)(=O)OCO1. The van der Waals surface area contributed by atoms with E-state index in [1.54, 1.807) is 6.08 Å². The van der Waals surface area contributed by atoms with Crippen LogP contribution in [0.1, 0.15) is 78.6 Å². The summed E-state index contributed by atoms with van der Waals surface area (Å²) in [5.74, 6) is 11.6. The predicted octanol–water partition coefficient (Wildman–Crippen LogP) is 0.557. The molecule has 0 aliphatic carbocycles. The van der Waals surface area contributed by atoms with Gasteiger partial charge in [0, 0.05) is 11.2 Å². The number of sulfone groups is 1. The standard InChI is InChI=1S/C7H16O3S.C5H10O2S.C4H9FO3S.C4H6O3S.C4H8O2S.C4H6O2S.C3H6O3S.C2H4O6S2/c1-3-5-7-11(8,9)10-6-4-2;6-8(7)4-2-1-3-5-8;1-4(5)3-8-9(2,6)7;1-8(6)3-2-4(5)7-8;2*1-7(5)4-2-3-6-7;4-7(5)3-1-2-6-7;3-9(4)2-10(5,6)8-1-7-9/h3-7H2,1-2H3;1-5H2;4H,3H2,1-2H3;1-3H2;1-4H2;2,4H,1,3H2;1-3H2;1-2H2. The van der Waals surface area contributed by atoms with Crippen molar-refractivity contribution in [3.05, 3.63) is 11.5 Å². The third-order valence-electron chi connectivity index (χ3n) is 7.11. The molecular formula is C33H65FO24S9. The highest BCUT2D eigenvalue weighted by molar-refractivity contribution is 8.04. The van der Waals surface area contributed by atoms with E-state index in [-0.39, 0.29) is 23.7 Å². The fourth-order valence-electron chi connectivity index (χ4n) is 4.04. The maximum atomic E-state index is 11.8. The van der Waals surface area contributed by atoms with Crippen LogP contribution in [0.15, 0.2) is 11.5 Å². The molecule has 0 aromatic heterocycles. The minimum atomic E-state index is -3.90. The third kappa shape index (κ3) is 43.2. The van der Waals surface area contributed by atoms with Crippen LogP contribution in [-0.2, 0) is 128 Å². The normalized spacial score (nSPS) is 27.6. The van der Waals surface area contributed by atoms with Crippen LogP contribution in [-0.4, -0.2) is 179 Å². The number of rotatable bonds is 9. The summed E-state index contributed by atoms with van der Waals surface area (Å²) in [5, 5.41) is 0.396. The van der Waals surface area contributed by atoms with Gasteiger partial charge in [0.05, 0.1) is 94.1 Å². The fourth-order valence-corrected chi connectivity index (χ4v) is 13.4. The summed E-state index contributed by atoms with van der Waals surface area (Å²) in [4.78, 5) is 10.2. The van der Waals surface area contributed by atoms with Crippen molar-refractivity contribution in [1.29, 1.82) is 0 Å². The smallest absolute Gasteiger partial charge is 0.320 e. The number of carbonyl (C=O) groups excluding carboxylic acids is 1. The second-order valence-corrected chi connectivity index (χ2v) is 31.2. The molecule has 6 rings (SSSR count). The van der Waals surface area contributed by atoms with Crippen molar-refractivity contribution in [2.45, 2.75) is 84.7 Å². The Kier molecular flexibility index (Phi) is 32.2. The average molecular weight is 1150 g/mol. The molecule has 6 heterocycles. The first kappa shape index (κ1) is 67.7. The molecule has 0 radical (unpaired) electrons. The largest absolute Gasteiger partial charge is 0.374 e. The van der Waals surface area contributed by atoms with Gasteiger partial charge in [0.1, 0.15) is 25.8 Å². The molecular weight excluding hydrogens is 1090 g/mol. The van der Waals surface area contributed by atoms with Crippen LogP contribution >= 0.6 is 0 Å². The van der Waals surface area contributed by atoms with Gasteiger partial charge >= 0.3 is 5.97 Å². The van der Waals surface area contributed by atoms with E-state index >= 15 is 0 Å². The summed E-state index contributed by atoms with van der Waals surface area (Å²) < 4.78 is 204. The fraction of sp³-hybridized carbons (Fsp3) is 0.818. The number of halogens is 1. The van der Waals surface area contributed by atoms with Crippen molar-refractivity contribution >= 4 is 113 Å². The van der Waals surface area contributed by atoms with Gasteiger partial charge in [0.15, 0.2) is 6.79 Å². The van der Waals surface area contributed by atoms with Crippen molar-refractivity contribution in [3.8, 4) is 0 Å². The molecule has 402 valence electrons. The van der Waals surface area contributed by atoms with Crippen LogP contribution in [0.4, 0.5) is 4.39 Å². The molecule has 0 amide bonds. The van der Waals surface area contributed by atoms with Crippen molar-refractivity contribution < 1.29 is 106 Å². The molecule has 6 aliphatic heterocycles. The summed E-state index contributed by atoms with van der Waals surface area (Å²) in [5.41, 5.74) is 0. The zero-order valence-electron chi connectivity index (χ0n) is 37.8. The zero-order chi connectivity index (χ0) is 52.3. The van der Waals surface area contributed by atoms with E-state index in [1.807, 2.05) is 13.8 Å². The molecule has 0 saturated carbocycles. The summed E-state index contributed by atoms with van der Waals surface area (Å²) in [6.45, 7) is 5.69. The molecule has 0 spiro atoms. The number of alkyl halides is 1. The van der Waals surface area contributed by atoms with E-state index in [4.69, 9.17) is 4.18 Å². The van der Waals surface area contributed by atoms with E-state index in [1.165, 1.54) is 12.3 Å². The summed E-state index contributed by atoms with van der Waals surface area (Å²) in [6, 6.07) is 0. The molecule has 0 bridgehead atoms. The quantitative estimate of drug-likeness (QED) is 0.225. The molecule has 6 aliphatic rings. The molecule has 0 aromatic rings. The van der Waals surface area contributed by atoms with Gasteiger partial charge in [-0.05, 0) is 69.1 Å². The maximum absolute atomic E-state index is 11.8. The monoisotopic (exact) mass is 1150 g/mol. The van der Waals surface area contributed by atoms with Gasteiger partial charge in [-0.3, -0.25) is 25.7 Å². The van der Waals surface area contributed by atoms with Gasteiger partial charge in [-0.25, -0.2) is 33.8 Å². The van der Waals surface area contributed by atoms with Crippen molar-refractivity contribution in [2.24, 2.45) is 0 Å². The lowest BCUT2D eigenvalue weighted by molar-refractivity contribution is -0.131. The molecule has 34 heteroatoms. The van der Waals surface area contributed by atoms with Crippen molar-refractivity contribution in [2.75, 3.05) is 85.7 Å². The molecule has 5 saturated heterocycles. The summed E-state index contributed by atoms with van der Waals surface area (Å²) >= 11 is 0. The topological polar surface area (TPSA) is 347 Å². The molecule has 24 nitrogen and oxygen atoms in total. The Morgan fingerprint density at radius 1 is 0.687 bits per heavy atom. The van der Waals surface area contributed by atoms with E-state index in [2.05, 4.69) is 46.9 Å². The Balaban J connectivity index is 0. The molecule has 0 aromatic carbocycles. The van der Waals surface area contributed by atoms with Gasteiger partial charge in [0.2, 0.25) is 5.08 Å². The highest BCUT2D eigenvalue weighted by Crippen LogP contribution is 2.11. The predicted molar refractivity (Wildman–Crippen MR) is 255 cm³/mol. The highest BCUT2D eigenvalue weighted by Gasteiger charge is 2.29. The third-order valence-corrected chi connectivity index (χ3v) is 19.3. The maximum Gasteiger partial charge on any atom is 0.320 e. The van der Waals surface area contributed by atoms with E-state index < -0.39 is 120 Å². The van der Waals surface area contributed by atoms with Crippen LogP contribution in [0.5, 0.6) is 0 Å². The second kappa shape index (κ2) is 31.8. The first-order valence-corrected chi connectivity index (χ1v) is 35.1. The molecule has 5 fully saturated rings. The van der Waals surface area contributed by atoms with E-state index in [0.717, 1.165) is 44.8 Å². The lowest BCUT2D eigenvalue weighted by Gasteiger charge is -2.11. The van der Waals surface area contributed by atoms with E-state index in [0.29, 0.717) is 56.5 Å². The van der Waals surface area contributed by atoms with Crippen molar-refractivity contribution in [1.82, 2.24) is 0 Å². The summed E-state index contributed by atoms with van der Waals surface area (Å²) in [6.07, 6.45) is 8.33. The Bertz CT molecular complexity index is 2420. The van der Waals surface area contributed by atoms with Crippen LogP contribution in [0, 0.1) is 0 Å². The van der Waals surface area contributed by atoms with E-state index in [9.17, 15) is 72.3 Å². The van der Waals surface area contributed by atoms with Crippen LogP contribution in [0.25, 0.3) is 0 Å². The van der Waals surface area contributed by atoms with Gasteiger partial charge in [-0.1, -0.05) is 26.7 Å². The average Bonchev–Trinajstić information content (AvgIpc) is 3.97. The number of hydrogen-bond donors (Lipinski definition) is 0. The van der Waals surface area contributed by atoms with Crippen molar-refractivity contribution in [3.63, 3.8) is 0 Å². The second-order valence-electron chi connectivity index (χ2n) is 14.0. The Hall–Kier alpha value is -1.38. The molecule has 0 N–H and O–H groups in total. The number of unbranched alkanes of at least 4 members (excludes halogenated alkanes) is 1. The molecule has 4 unspecified atom stereocenters. The highest BCUT2D eigenvalue weighted by atomic mass is 32.3. The minimum absolute atomic E-state index is 0.156. The van der Waals surface area contributed by atoms with Gasteiger partial charge in [-0.2, -0.15) is 42.1 Å². The first-order chi connectivity index (χ1) is 30.4. The lowest BCUT2D eigenvalue weighted by atomic mass is 10.3. The molecule has 4 atom stereocenters. The zero-order valence-corrected chi connectivity index (χ0v) is 45.1. The molecule has 67 heavy (non-hydrogen) atoms. The van der Waals surface area contributed by atoms with Gasteiger partial charge in [-0.15, -0.1) is 0 Å². The summed E-state index contributed by atoms with van der Waals surface area (Å²) in [7, 11) is -26.8. The van der Waals surface area contributed by atoms with Crippen LogP contribution in [0.2, 0.25) is 0 Å².